The number of aliphatic hydroxyl groups excluding tert-OH is 1. The standard InChI is InChI=1S/C16H22N4O3S/c1-3-20-11(2)15(10-18-20)24(22,23)19-16(12-8-13(21)9-12)14-6-4-5-7-17-14/h4-7,10,12-13,16,19,21H,3,8-9H2,1-2H3/t12?,13?,16-/m0/s1. The van der Waals surface area contributed by atoms with Crippen molar-refractivity contribution in [1.82, 2.24) is 19.5 Å². The summed E-state index contributed by atoms with van der Waals surface area (Å²) in [5, 5.41) is 13.7. The van der Waals surface area contributed by atoms with Gasteiger partial charge in [0.2, 0.25) is 10.0 Å². The second kappa shape index (κ2) is 6.62. The molecular weight excluding hydrogens is 328 g/mol. The van der Waals surface area contributed by atoms with E-state index >= 15 is 0 Å². The lowest BCUT2D eigenvalue weighted by Crippen LogP contribution is -2.41. The van der Waals surface area contributed by atoms with Gasteiger partial charge in [0.05, 0.1) is 29.7 Å². The summed E-state index contributed by atoms with van der Waals surface area (Å²) in [5.74, 6) is 0.0335. The first-order valence-electron chi connectivity index (χ1n) is 8.06. The van der Waals surface area contributed by atoms with Gasteiger partial charge in [-0.25, -0.2) is 13.1 Å². The Kier molecular flexibility index (Phi) is 4.71. The molecule has 1 aliphatic carbocycles. The Labute approximate surface area is 141 Å². The van der Waals surface area contributed by atoms with Crippen LogP contribution in [0.3, 0.4) is 0 Å². The summed E-state index contributed by atoms with van der Waals surface area (Å²) in [6.07, 6.45) is 3.79. The van der Waals surface area contributed by atoms with Crippen LogP contribution in [0.15, 0.2) is 35.5 Å². The molecule has 3 rings (SSSR count). The summed E-state index contributed by atoms with van der Waals surface area (Å²) < 4.78 is 30.1. The summed E-state index contributed by atoms with van der Waals surface area (Å²) in [5.41, 5.74) is 1.27. The first-order valence-corrected chi connectivity index (χ1v) is 9.54. The molecule has 7 nitrogen and oxygen atoms in total. The number of rotatable bonds is 6. The molecule has 0 radical (unpaired) electrons. The summed E-state index contributed by atoms with van der Waals surface area (Å²) in [6, 6.07) is 4.98. The molecule has 2 aromatic rings. The fraction of sp³-hybridized carbons (Fsp3) is 0.500. The van der Waals surface area contributed by atoms with Crippen LogP contribution in [0.1, 0.15) is 37.2 Å². The third-order valence-electron chi connectivity index (χ3n) is 4.56. The molecule has 24 heavy (non-hydrogen) atoms. The number of aliphatic hydroxyl groups is 1. The minimum atomic E-state index is -3.72. The predicted molar refractivity (Wildman–Crippen MR) is 88.7 cm³/mol. The highest BCUT2D eigenvalue weighted by Crippen LogP contribution is 2.38. The fourth-order valence-corrected chi connectivity index (χ4v) is 4.56. The van der Waals surface area contributed by atoms with E-state index in [0.29, 0.717) is 30.8 Å². The predicted octanol–water partition coefficient (Wildman–Crippen LogP) is 1.40. The molecule has 1 aliphatic rings. The van der Waals surface area contributed by atoms with E-state index in [1.54, 1.807) is 29.9 Å². The highest BCUT2D eigenvalue weighted by molar-refractivity contribution is 7.89. The molecule has 0 aliphatic heterocycles. The van der Waals surface area contributed by atoms with Gasteiger partial charge < -0.3 is 5.11 Å². The Morgan fingerprint density at radius 1 is 1.42 bits per heavy atom. The Balaban J connectivity index is 1.90. The monoisotopic (exact) mass is 350 g/mol. The molecule has 2 heterocycles. The Morgan fingerprint density at radius 2 is 2.17 bits per heavy atom. The smallest absolute Gasteiger partial charge is 0.244 e. The van der Waals surface area contributed by atoms with Crippen molar-refractivity contribution in [2.75, 3.05) is 0 Å². The summed E-state index contributed by atoms with van der Waals surface area (Å²) >= 11 is 0. The van der Waals surface area contributed by atoms with Crippen LogP contribution in [-0.2, 0) is 16.6 Å². The lowest BCUT2D eigenvalue weighted by Gasteiger charge is -2.37. The number of hydrogen-bond donors (Lipinski definition) is 2. The number of sulfonamides is 1. The number of hydrogen-bond acceptors (Lipinski definition) is 5. The molecule has 0 unspecified atom stereocenters. The number of aromatic nitrogens is 3. The van der Waals surface area contributed by atoms with E-state index in [0.717, 1.165) is 0 Å². The van der Waals surface area contributed by atoms with Gasteiger partial charge in [-0.3, -0.25) is 9.67 Å². The molecule has 1 atom stereocenters. The maximum Gasteiger partial charge on any atom is 0.244 e. The molecule has 130 valence electrons. The van der Waals surface area contributed by atoms with E-state index in [1.807, 2.05) is 13.0 Å². The molecule has 1 fully saturated rings. The highest BCUT2D eigenvalue weighted by atomic mass is 32.2. The van der Waals surface area contributed by atoms with Crippen molar-refractivity contribution in [1.29, 1.82) is 0 Å². The molecule has 0 amide bonds. The fourth-order valence-electron chi connectivity index (χ4n) is 3.10. The summed E-state index contributed by atoms with van der Waals surface area (Å²) in [7, 11) is -3.72. The van der Waals surface area contributed by atoms with Gasteiger partial charge in [0, 0.05) is 12.7 Å². The SMILES string of the molecule is CCn1ncc(S(=O)(=O)N[C@H](c2ccccn2)C2CC(O)C2)c1C. The van der Waals surface area contributed by atoms with Crippen molar-refractivity contribution in [2.45, 2.75) is 50.3 Å². The van der Waals surface area contributed by atoms with Crippen LogP contribution < -0.4 is 4.72 Å². The third kappa shape index (κ3) is 3.22. The van der Waals surface area contributed by atoms with Crippen molar-refractivity contribution >= 4 is 10.0 Å². The van der Waals surface area contributed by atoms with Gasteiger partial charge in [0.15, 0.2) is 0 Å². The highest BCUT2D eigenvalue weighted by Gasteiger charge is 2.38. The van der Waals surface area contributed by atoms with E-state index in [2.05, 4.69) is 14.8 Å². The zero-order valence-corrected chi connectivity index (χ0v) is 14.6. The van der Waals surface area contributed by atoms with Gasteiger partial charge in [-0.05, 0) is 44.7 Å². The summed E-state index contributed by atoms with van der Waals surface area (Å²) in [4.78, 5) is 4.48. The second-order valence-electron chi connectivity index (χ2n) is 6.15. The van der Waals surface area contributed by atoms with Crippen molar-refractivity contribution in [2.24, 2.45) is 5.92 Å². The van der Waals surface area contributed by atoms with Gasteiger partial charge in [-0.2, -0.15) is 5.10 Å². The third-order valence-corrected chi connectivity index (χ3v) is 6.10. The Bertz CT molecular complexity index is 798. The molecule has 1 saturated carbocycles. The normalized spacial score (nSPS) is 22.1. The molecule has 0 bridgehead atoms. The maximum absolute atomic E-state index is 12.8. The zero-order chi connectivity index (χ0) is 17.3. The first kappa shape index (κ1) is 17.1. The van der Waals surface area contributed by atoms with Gasteiger partial charge >= 0.3 is 0 Å². The molecule has 8 heteroatoms. The van der Waals surface area contributed by atoms with Gasteiger partial charge in [0.1, 0.15) is 4.90 Å². The van der Waals surface area contributed by atoms with Crippen molar-refractivity contribution in [3.63, 3.8) is 0 Å². The molecule has 0 aromatic carbocycles. The Hall–Kier alpha value is -1.77. The maximum atomic E-state index is 12.8. The van der Waals surface area contributed by atoms with E-state index < -0.39 is 16.1 Å². The number of aryl methyl sites for hydroxylation is 1. The van der Waals surface area contributed by atoms with Crippen molar-refractivity contribution < 1.29 is 13.5 Å². The van der Waals surface area contributed by atoms with Gasteiger partial charge in [-0.15, -0.1) is 0 Å². The topological polar surface area (TPSA) is 97.1 Å². The van der Waals surface area contributed by atoms with E-state index in [9.17, 15) is 13.5 Å². The molecule has 0 spiro atoms. The van der Waals surface area contributed by atoms with Crippen LogP contribution in [0.25, 0.3) is 0 Å². The van der Waals surface area contributed by atoms with Crippen LogP contribution in [0.4, 0.5) is 0 Å². The van der Waals surface area contributed by atoms with Gasteiger partial charge in [-0.1, -0.05) is 6.07 Å². The molecular formula is C16H22N4O3S. The van der Waals surface area contributed by atoms with Crippen LogP contribution in [0.5, 0.6) is 0 Å². The van der Waals surface area contributed by atoms with E-state index in [-0.39, 0.29) is 16.9 Å². The molecule has 0 saturated heterocycles. The van der Waals surface area contributed by atoms with E-state index in [4.69, 9.17) is 0 Å². The minimum absolute atomic E-state index is 0.0335. The number of nitrogens with zero attached hydrogens (tertiary/aromatic N) is 3. The first-order chi connectivity index (χ1) is 11.4. The van der Waals surface area contributed by atoms with Crippen LogP contribution >= 0.6 is 0 Å². The minimum Gasteiger partial charge on any atom is -0.393 e. The van der Waals surface area contributed by atoms with Crippen molar-refractivity contribution in [3.8, 4) is 0 Å². The lowest BCUT2D eigenvalue weighted by molar-refractivity contribution is 0.0273. The average Bonchev–Trinajstić information content (AvgIpc) is 2.92. The summed E-state index contributed by atoms with van der Waals surface area (Å²) in [6.45, 7) is 4.27. The van der Waals surface area contributed by atoms with Gasteiger partial charge in [0.25, 0.3) is 0 Å². The number of nitrogens with one attached hydrogen (secondary N) is 1. The molecule has 2 N–H and O–H groups in total. The molecule has 2 aromatic heterocycles. The Morgan fingerprint density at radius 3 is 2.71 bits per heavy atom. The second-order valence-corrected chi connectivity index (χ2v) is 7.83. The van der Waals surface area contributed by atoms with Crippen molar-refractivity contribution in [3.05, 3.63) is 42.0 Å². The lowest BCUT2D eigenvalue weighted by atomic mass is 9.76. The quantitative estimate of drug-likeness (QED) is 0.821. The van der Waals surface area contributed by atoms with Crippen LogP contribution in [-0.4, -0.2) is 34.4 Å². The van der Waals surface area contributed by atoms with Crippen LogP contribution in [0, 0.1) is 12.8 Å². The number of pyridine rings is 1. The zero-order valence-electron chi connectivity index (χ0n) is 13.8. The van der Waals surface area contributed by atoms with E-state index in [1.165, 1.54) is 6.20 Å². The largest absolute Gasteiger partial charge is 0.393 e. The average molecular weight is 350 g/mol. The van der Waals surface area contributed by atoms with Crippen LogP contribution in [0.2, 0.25) is 0 Å².